The molecule has 1 aliphatic rings. The third-order valence-corrected chi connectivity index (χ3v) is 5.06. The molecule has 0 spiro atoms. The van der Waals surface area contributed by atoms with Gasteiger partial charge in [0.2, 0.25) is 5.91 Å². The Morgan fingerprint density at radius 1 is 1.04 bits per heavy atom. The number of methoxy groups -OCH3 is 1. The summed E-state index contributed by atoms with van der Waals surface area (Å²) in [5.41, 5.74) is 1.86. The molecule has 1 heterocycles. The summed E-state index contributed by atoms with van der Waals surface area (Å²) in [4.78, 5) is 26.6. The highest BCUT2D eigenvalue weighted by molar-refractivity contribution is 5.91. The first-order chi connectivity index (χ1) is 13.7. The Hall–Kier alpha value is -3.02. The van der Waals surface area contributed by atoms with E-state index in [1.54, 1.807) is 12.0 Å². The molecule has 3 amide bonds. The Kier molecular flexibility index (Phi) is 6.89. The largest absolute Gasteiger partial charge is 0.495 e. The number of ether oxygens (including phenoxy) is 1. The van der Waals surface area contributed by atoms with Gasteiger partial charge in [0.05, 0.1) is 12.8 Å². The summed E-state index contributed by atoms with van der Waals surface area (Å²) in [6.07, 6.45) is 2.18. The minimum absolute atomic E-state index is 0.0360. The van der Waals surface area contributed by atoms with Crippen LogP contribution in [0.4, 0.5) is 10.5 Å². The molecule has 0 bridgehead atoms. The summed E-state index contributed by atoms with van der Waals surface area (Å²) in [7, 11) is 1.58. The normalized spacial score (nSPS) is 14.4. The first-order valence-corrected chi connectivity index (χ1v) is 9.68. The van der Waals surface area contributed by atoms with Crippen molar-refractivity contribution in [3.05, 3.63) is 60.2 Å². The van der Waals surface area contributed by atoms with Gasteiger partial charge in [-0.15, -0.1) is 0 Å². The number of para-hydroxylation sites is 2. The number of benzene rings is 2. The minimum Gasteiger partial charge on any atom is -0.495 e. The molecule has 1 aliphatic heterocycles. The SMILES string of the molecule is COc1ccccc1NC(=O)N1CCC(C(=O)NCCc2ccccc2)CC1. The van der Waals surface area contributed by atoms with E-state index in [1.165, 1.54) is 5.56 Å². The summed E-state index contributed by atoms with van der Waals surface area (Å²) in [5.74, 6) is 0.676. The number of carbonyl (C=O) groups excluding carboxylic acids is 2. The van der Waals surface area contributed by atoms with Crippen LogP contribution in [0, 0.1) is 5.92 Å². The van der Waals surface area contributed by atoms with Crippen LogP contribution in [0.15, 0.2) is 54.6 Å². The highest BCUT2D eigenvalue weighted by Gasteiger charge is 2.27. The van der Waals surface area contributed by atoms with Crippen molar-refractivity contribution < 1.29 is 14.3 Å². The molecule has 1 fully saturated rings. The Bertz CT molecular complexity index is 787. The molecular weight excluding hydrogens is 354 g/mol. The lowest BCUT2D eigenvalue weighted by Crippen LogP contribution is -2.44. The number of hydrogen-bond donors (Lipinski definition) is 2. The molecule has 2 aromatic carbocycles. The fourth-order valence-corrected chi connectivity index (χ4v) is 3.41. The average molecular weight is 381 g/mol. The monoisotopic (exact) mass is 381 g/mol. The smallest absolute Gasteiger partial charge is 0.321 e. The van der Waals surface area contributed by atoms with Crippen molar-refractivity contribution in [3.63, 3.8) is 0 Å². The second kappa shape index (κ2) is 9.78. The zero-order chi connectivity index (χ0) is 19.8. The summed E-state index contributed by atoms with van der Waals surface area (Å²) in [6.45, 7) is 1.77. The average Bonchev–Trinajstić information content (AvgIpc) is 2.75. The molecule has 1 saturated heterocycles. The summed E-state index contributed by atoms with van der Waals surface area (Å²) >= 11 is 0. The molecule has 2 N–H and O–H groups in total. The molecule has 0 radical (unpaired) electrons. The maximum Gasteiger partial charge on any atom is 0.321 e. The Morgan fingerprint density at radius 3 is 2.43 bits per heavy atom. The molecule has 6 heteroatoms. The van der Waals surface area contributed by atoms with Crippen LogP contribution in [0.1, 0.15) is 18.4 Å². The first kappa shape index (κ1) is 19.7. The topological polar surface area (TPSA) is 70.7 Å². The van der Waals surface area contributed by atoms with Gasteiger partial charge in [-0.05, 0) is 37.0 Å². The number of hydrogen-bond acceptors (Lipinski definition) is 3. The molecule has 0 unspecified atom stereocenters. The number of carbonyl (C=O) groups is 2. The highest BCUT2D eigenvalue weighted by atomic mass is 16.5. The van der Waals surface area contributed by atoms with Crippen LogP contribution in [0.2, 0.25) is 0 Å². The highest BCUT2D eigenvalue weighted by Crippen LogP contribution is 2.24. The molecule has 148 valence electrons. The summed E-state index contributed by atoms with van der Waals surface area (Å²) in [6, 6.07) is 17.3. The van der Waals surface area contributed by atoms with Gasteiger partial charge in [0, 0.05) is 25.6 Å². The van der Waals surface area contributed by atoms with E-state index in [1.807, 2.05) is 42.5 Å². The van der Waals surface area contributed by atoms with Crippen molar-refractivity contribution in [3.8, 4) is 5.75 Å². The number of amides is 3. The Labute approximate surface area is 165 Å². The molecule has 6 nitrogen and oxygen atoms in total. The third kappa shape index (κ3) is 5.25. The number of nitrogens with one attached hydrogen (secondary N) is 2. The fraction of sp³-hybridized carbons (Fsp3) is 0.364. The second-order valence-corrected chi connectivity index (χ2v) is 6.92. The van der Waals surface area contributed by atoms with Gasteiger partial charge in [-0.25, -0.2) is 4.79 Å². The maximum absolute atomic E-state index is 12.5. The molecule has 28 heavy (non-hydrogen) atoms. The van der Waals surface area contributed by atoms with Gasteiger partial charge in [0.1, 0.15) is 5.75 Å². The van der Waals surface area contributed by atoms with E-state index in [0.29, 0.717) is 43.9 Å². The predicted molar refractivity (Wildman–Crippen MR) is 109 cm³/mol. The van der Waals surface area contributed by atoms with E-state index in [4.69, 9.17) is 4.74 Å². The zero-order valence-corrected chi connectivity index (χ0v) is 16.2. The standard InChI is InChI=1S/C22H27N3O3/c1-28-20-10-6-5-9-19(20)24-22(27)25-15-12-18(13-16-25)21(26)23-14-11-17-7-3-2-4-8-17/h2-10,18H,11-16H2,1H3,(H,23,26)(H,24,27). The van der Waals surface area contributed by atoms with E-state index in [9.17, 15) is 9.59 Å². The lowest BCUT2D eigenvalue weighted by molar-refractivity contribution is -0.126. The van der Waals surface area contributed by atoms with E-state index in [0.717, 1.165) is 6.42 Å². The molecule has 0 aliphatic carbocycles. The number of likely N-dealkylation sites (tertiary alicyclic amines) is 1. The van der Waals surface area contributed by atoms with Crippen LogP contribution in [0.5, 0.6) is 5.75 Å². The number of piperidine rings is 1. The van der Waals surface area contributed by atoms with Crippen molar-refractivity contribution in [1.82, 2.24) is 10.2 Å². The van der Waals surface area contributed by atoms with Gasteiger partial charge in [0.15, 0.2) is 0 Å². The maximum atomic E-state index is 12.5. The van der Waals surface area contributed by atoms with Crippen molar-refractivity contribution in [2.45, 2.75) is 19.3 Å². The summed E-state index contributed by atoms with van der Waals surface area (Å²) in [5, 5.41) is 5.91. The van der Waals surface area contributed by atoms with Crippen LogP contribution in [0.25, 0.3) is 0 Å². The molecule has 2 aromatic rings. The van der Waals surface area contributed by atoms with Gasteiger partial charge in [-0.2, -0.15) is 0 Å². The van der Waals surface area contributed by atoms with Gasteiger partial charge >= 0.3 is 6.03 Å². The van der Waals surface area contributed by atoms with Crippen molar-refractivity contribution in [2.24, 2.45) is 5.92 Å². The molecule has 0 saturated carbocycles. The quantitative estimate of drug-likeness (QED) is 0.807. The Balaban J connectivity index is 1.42. The van der Waals surface area contributed by atoms with Crippen LogP contribution < -0.4 is 15.4 Å². The van der Waals surface area contributed by atoms with Crippen molar-refractivity contribution in [1.29, 1.82) is 0 Å². The molecular formula is C22H27N3O3. The van der Waals surface area contributed by atoms with Gasteiger partial charge in [-0.1, -0.05) is 42.5 Å². The molecule has 0 aromatic heterocycles. The lowest BCUT2D eigenvalue weighted by Gasteiger charge is -2.31. The number of anilines is 1. The number of rotatable bonds is 6. The first-order valence-electron chi connectivity index (χ1n) is 9.68. The van der Waals surface area contributed by atoms with Gasteiger partial charge in [0.25, 0.3) is 0 Å². The van der Waals surface area contributed by atoms with Crippen molar-refractivity contribution >= 4 is 17.6 Å². The van der Waals surface area contributed by atoms with Crippen LogP contribution in [-0.2, 0) is 11.2 Å². The van der Waals surface area contributed by atoms with Gasteiger partial charge < -0.3 is 20.3 Å². The number of nitrogens with zero attached hydrogens (tertiary/aromatic N) is 1. The van der Waals surface area contributed by atoms with E-state index >= 15 is 0 Å². The zero-order valence-electron chi connectivity index (χ0n) is 16.2. The van der Waals surface area contributed by atoms with Gasteiger partial charge in [-0.3, -0.25) is 4.79 Å². The van der Waals surface area contributed by atoms with E-state index < -0.39 is 0 Å². The third-order valence-electron chi connectivity index (χ3n) is 5.06. The number of urea groups is 1. The molecule has 3 rings (SSSR count). The second-order valence-electron chi connectivity index (χ2n) is 6.92. The van der Waals surface area contributed by atoms with Crippen LogP contribution in [-0.4, -0.2) is 43.6 Å². The lowest BCUT2D eigenvalue weighted by atomic mass is 9.96. The van der Waals surface area contributed by atoms with Crippen molar-refractivity contribution in [2.75, 3.05) is 32.1 Å². The van der Waals surface area contributed by atoms with E-state index in [2.05, 4.69) is 22.8 Å². The van der Waals surface area contributed by atoms with Crippen LogP contribution in [0.3, 0.4) is 0 Å². The predicted octanol–water partition coefficient (Wildman–Crippen LogP) is 3.30. The summed E-state index contributed by atoms with van der Waals surface area (Å²) < 4.78 is 5.27. The fourth-order valence-electron chi connectivity index (χ4n) is 3.41. The van der Waals surface area contributed by atoms with E-state index in [-0.39, 0.29) is 17.9 Å². The molecule has 0 atom stereocenters. The minimum atomic E-state index is -0.160. The Morgan fingerprint density at radius 2 is 1.71 bits per heavy atom. The van der Waals surface area contributed by atoms with Crippen LogP contribution >= 0.6 is 0 Å².